The molecule has 1 unspecified atom stereocenters. The number of benzene rings is 3. The number of aryl methyl sites for hydroxylation is 2. The van der Waals surface area contributed by atoms with Crippen LogP contribution in [-0.4, -0.2) is 23.1 Å². The van der Waals surface area contributed by atoms with Gasteiger partial charge in [0.2, 0.25) is 0 Å². The van der Waals surface area contributed by atoms with E-state index in [1.54, 1.807) is 12.1 Å². The molecule has 1 atom stereocenters. The molecular formula is C36H45ClN4O4. The van der Waals surface area contributed by atoms with E-state index in [2.05, 4.69) is 48.9 Å². The Morgan fingerprint density at radius 1 is 0.844 bits per heavy atom. The van der Waals surface area contributed by atoms with Crippen LogP contribution in [0.4, 0.5) is 21.9 Å². The Morgan fingerprint density at radius 2 is 1.53 bits per heavy atom. The number of carbonyl (C=O) groups is 2. The number of ether oxygens (including phenoxy) is 1. The first-order valence-corrected chi connectivity index (χ1v) is 16.4. The second kappa shape index (κ2) is 18.6. The summed E-state index contributed by atoms with van der Waals surface area (Å²) in [7, 11) is 0. The quantitative estimate of drug-likeness (QED) is 0.0871. The fourth-order valence-corrected chi connectivity index (χ4v) is 5.16. The van der Waals surface area contributed by atoms with E-state index >= 15 is 0 Å². The largest absolute Gasteiger partial charge is 0.506 e. The number of urea groups is 1. The summed E-state index contributed by atoms with van der Waals surface area (Å²) in [5, 5.41) is 27.9. The number of carbonyl (C=O) groups excluding carboxylic acids is 2. The van der Waals surface area contributed by atoms with Gasteiger partial charge in [-0.15, -0.1) is 0 Å². The zero-order valence-electron chi connectivity index (χ0n) is 26.5. The molecule has 0 saturated carbocycles. The van der Waals surface area contributed by atoms with E-state index in [0.29, 0.717) is 23.4 Å². The van der Waals surface area contributed by atoms with Crippen LogP contribution < -0.4 is 20.7 Å². The standard InChI is InChI=1S/C36H45ClN4O4/c1-4-7-10-12-25-15-20-33(26(21-25)13-11-8-5-2)45-34(14-9-6-3)35(43)39-29-18-19-31(32(42)23-29)41-36(44)40-28-17-16-27(24-38)30(37)22-28/h15-23,34,42H,4-14H2,1-3H3,(H,39,43)(H2,40,41,44). The second-order valence-corrected chi connectivity index (χ2v) is 11.6. The number of halogens is 1. The highest BCUT2D eigenvalue weighted by Crippen LogP contribution is 2.29. The number of aromatic hydroxyl groups is 1. The van der Waals surface area contributed by atoms with Crippen LogP contribution in [0.15, 0.2) is 54.6 Å². The molecule has 0 aromatic heterocycles. The lowest BCUT2D eigenvalue weighted by Gasteiger charge is -2.21. The number of unbranched alkanes of at least 4 members (excludes halogenated alkanes) is 5. The highest BCUT2D eigenvalue weighted by molar-refractivity contribution is 6.32. The third kappa shape index (κ3) is 11.3. The Balaban J connectivity index is 1.69. The number of hydrogen-bond donors (Lipinski definition) is 4. The maximum Gasteiger partial charge on any atom is 0.323 e. The lowest BCUT2D eigenvalue weighted by molar-refractivity contribution is -0.123. The molecule has 0 saturated heterocycles. The number of hydrogen-bond acceptors (Lipinski definition) is 5. The number of nitrogens with one attached hydrogen (secondary N) is 3. The monoisotopic (exact) mass is 632 g/mol. The van der Waals surface area contributed by atoms with Gasteiger partial charge in [0.15, 0.2) is 6.10 Å². The first-order valence-electron chi connectivity index (χ1n) is 16.0. The van der Waals surface area contributed by atoms with E-state index in [-0.39, 0.29) is 22.4 Å². The van der Waals surface area contributed by atoms with Crippen LogP contribution in [-0.2, 0) is 17.6 Å². The summed E-state index contributed by atoms with van der Waals surface area (Å²) in [5.41, 5.74) is 3.65. The average Bonchev–Trinajstić information content (AvgIpc) is 3.01. The molecule has 4 N–H and O–H groups in total. The summed E-state index contributed by atoms with van der Waals surface area (Å²) in [5.74, 6) is 0.229. The van der Waals surface area contributed by atoms with Crippen molar-refractivity contribution >= 4 is 40.6 Å². The number of phenols is 1. The SMILES string of the molecule is CCCCCc1ccc(OC(CCCC)C(=O)Nc2ccc(NC(=O)Nc3ccc(C#N)c(Cl)c3)c(O)c2)c(CCCCC)c1. The van der Waals surface area contributed by atoms with E-state index in [4.69, 9.17) is 21.6 Å². The molecule has 0 bridgehead atoms. The van der Waals surface area contributed by atoms with Crippen molar-refractivity contribution in [3.8, 4) is 17.6 Å². The van der Waals surface area contributed by atoms with Gasteiger partial charge in [-0.3, -0.25) is 4.79 Å². The minimum absolute atomic E-state index is 0.153. The minimum Gasteiger partial charge on any atom is -0.506 e. The van der Waals surface area contributed by atoms with Crippen molar-refractivity contribution in [3.05, 3.63) is 76.3 Å². The van der Waals surface area contributed by atoms with Gasteiger partial charge in [0.1, 0.15) is 17.6 Å². The molecule has 8 nitrogen and oxygen atoms in total. The molecule has 3 aromatic carbocycles. The van der Waals surface area contributed by atoms with E-state index in [0.717, 1.165) is 62.7 Å². The molecule has 0 spiro atoms. The molecule has 45 heavy (non-hydrogen) atoms. The maximum absolute atomic E-state index is 13.5. The van der Waals surface area contributed by atoms with Gasteiger partial charge in [-0.1, -0.05) is 76.6 Å². The molecule has 3 rings (SSSR count). The predicted molar refractivity (Wildman–Crippen MR) is 182 cm³/mol. The summed E-state index contributed by atoms with van der Waals surface area (Å²) >= 11 is 6.04. The van der Waals surface area contributed by atoms with E-state index < -0.39 is 12.1 Å². The Bertz CT molecular complexity index is 1470. The third-order valence-electron chi connectivity index (χ3n) is 7.49. The highest BCUT2D eigenvalue weighted by Gasteiger charge is 2.22. The highest BCUT2D eigenvalue weighted by atomic mass is 35.5. The molecule has 0 aliphatic rings. The molecule has 0 heterocycles. The number of anilines is 3. The summed E-state index contributed by atoms with van der Waals surface area (Å²) in [6.07, 6.45) is 10.4. The van der Waals surface area contributed by atoms with Gasteiger partial charge in [0.25, 0.3) is 5.91 Å². The second-order valence-electron chi connectivity index (χ2n) is 11.2. The summed E-state index contributed by atoms with van der Waals surface area (Å²) < 4.78 is 6.41. The van der Waals surface area contributed by atoms with Crippen molar-refractivity contribution in [2.75, 3.05) is 16.0 Å². The molecule has 0 radical (unpaired) electrons. The molecule has 9 heteroatoms. The van der Waals surface area contributed by atoms with Gasteiger partial charge in [0.05, 0.1) is 16.3 Å². The molecule has 0 aliphatic carbocycles. The zero-order chi connectivity index (χ0) is 32.6. The van der Waals surface area contributed by atoms with Crippen LogP contribution in [0.25, 0.3) is 0 Å². The maximum atomic E-state index is 13.5. The van der Waals surface area contributed by atoms with Crippen molar-refractivity contribution in [2.24, 2.45) is 0 Å². The van der Waals surface area contributed by atoms with E-state index in [1.807, 2.05) is 12.1 Å². The lowest BCUT2D eigenvalue weighted by Crippen LogP contribution is -2.33. The van der Waals surface area contributed by atoms with Crippen LogP contribution in [0.5, 0.6) is 11.5 Å². The van der Waals surface area contributed by atoms with Crippen molar-refractivity contribution in [1.82, 2.24) is 0 Å². The number of phenolic OH excluding ortho intramolecular Hbond substituents is 1. The smallest absolute Gasteiger partial charge is 0.323 e. The van der Waals surface area contributed by atoms with Crippen molar-refractivity contribution in [1.29, 1.82) is 5.26 Å². The lowest BCUT2D eigenvalue weighted by atomic mass is 10.00. The minimum atomic E-state index is -0.703. The van der Waals surface area contributed by atoms with Crippen LogP contribution in [0, 0.1) is 11.3 Å². The number of rotatable bonds is 17. The van der Waals surface area contributed by atoms with E-state index in [1.165, 1.54) is 42.7 Å². The summed E-state index contributed by atoms with van der Waals surface area (Å²) in [6, 6.07) is 16.7. The Morgan fingerprint density at radius 3 is 2.20 bits per heavy atom. The fraction of sp³-hybridized carbons (Fsp3) is 0.417. The third-order valence-corrected chi connectivity index (χ3v) is 7.80. The Labute approximate surface area is 272 Å². The van der Waals surface area contributed by atoms with Crippen LogP contribution >= 0.6 is 11.6 Å². The van der Waals surface area contributed by atoms with Crippen LogP contribution in [0.2, 0.25) is 5.02 Å². The molecule has 3 amide bonds. The number of amides is 3. The van der Waals surface area contributed by atoms with Gasteiger partial charge >= 0.3 is 6.03 Å². The van der Waals surface area contributed by atoms with Gasteiger partial charge < -0.3 is 25.8 Å². The molecule has 3 aromatic rings. The van der Waals surface area contributed by atoms with E-state index in [9.17, 15) is 14.7 Å². The summed E-state index contributed by atoms with van der Waals surface area (Å²) in [4.78, 5) is 26.0. The normalized spacial score (nSPS) is 11.4. The van der Waals surface area contributed by atoms with Gasteiger partial charge in [0, 0.05) is 17.4 Å². The first-order chi connectivity index (χ1) is 21.8. The Kier molecular flexibility index (Phi) is 14.5. The van der Waals surface area contributed by atoms with Gasteiger partial charge in [-0.25, -0.2) is 4.79 Å². The van der Waals surface area contributed by atoms with Crippen LogP contribution in [0.1, 0.15) is 95.2 Å². The van der Waals surface area contributed by atoms with Gasteiger partial charge in [-0.05, 0) is 86.1 Å². The zero-order valence-corrected chi connectivity index (χ0v) is 27.3. The molecule has 0 fully saturated rings. The van der Waals surface area contributed by atoms with Crippen molar-refractivity contribution in [2.45, 2.75) is 97.5 Å². The molecule has 0 aliphatic heterocycles. The van der Waals surface area contributed by atoms with Crippen LogP contribution in [0.3, 0.4) is 0 Å². The average molecular weight is 633 g/mol. The fourth-order valence-electron chi connectivity index (χ4n) is 4.94. The Hall–Kier alpha value is -4.22. The topological polar surface area (TPSA) is 123 Å². The number of nitriles is 1. The summed E-state index contributed by atoms with van der Waals surface area (Å²) in [6.45, 7) is 6.47. The molecular weight excluding hydrogens is 588 g/mol. The molecule has 240 valence electrons. The van der Waals surface area contributed by atoms with Gasteiger partial charge in [-0.2, -0.15) is 5.26 Å². The van der Waals surface area contributed by atoms with Crippen molar-refractivity contribution in [3.63, 3.8) is 0 Å². The first kappa shape index (κ1) is 35.3. The van der Waals surface area contributed by atoms with Crippen molar-refractivity contribution < 1.29 is 19.4 Å². The predicted octanol–water partition coefficient (Wildman–Crippen LogP) is 9.60. The number of nitrogens with zero attached hydrogens (tertiary/aromatic N) is 1.